The fraction of sp³-hybridized carbons (Fsp3) is 0.222. The predicted octanol–water partition coefficient (Wildman–Crippen LogP) is 3.31. The quantitative estimate of drug-likeness (QED) is 0.444. The number of hydrogen-bond donors (Lipinski definition) is 1. The number of rotatable bonds is 5. The molecule has 0 bridgehead atoms. The second-order valence-electron chi connectivity index (χ2n) is 5.74. The topological polar surface area (TPSA) is 93.9 Å². The van der Waals surface area contributed by atoms with E-state index < -0.39 is 0 Å². The van der Waals surface area contributed by atoms with Gasteiger partial charge >= 0.3 is 0 Å². The van der Waals surface area contributed by atoms with Crippen LogP contribution in [0.5, 0.6) is 5.75 Å². The van der Waals surface area contributed by atoms with Crippen molar-refractivity contribution >= 4 is 21.9 Å². The highest BCUT2D eigenvalue weighted by Crippen LogP contribution is 2.25. The van der Waals surface area contributed by atoms with Crippen LogP contribution in [0, 0.1) is 0 Å². The monoisotopic (exact) mass is 336 g/mol. The number of ether oxygens (including phenoxy) is 1. The largest absolute Gasteiger partial charge is 0.494 e. The lowest BCUT2D eigenvalue weighted by Gasteiger charge is -2.07. The van der Waals surface area contributed by atoms with E-state index in [9.17, 15) is 4.79 Å². The van der Waals surface area contributed by atoms with Gasteiger partial charge in [0.25, 0.3) is 0 Å². The molecule has 0 atom stereocenters. The maximum Gasteiger partial charge on any atom is 0.204 e. The Morgan fingerprint density at radius 3 is 2.84 bits per heavy atom. The van der Waals surface area contributed by atoms with Crippen LogP contribution in [0.3, 0.4) is 0 Å². The molecule has 1 N–H and O–H groups in total. The normalized spacial score (nSPS) is 11.2. The first-order valence-corrected chi connectivity index (χ1v) is 8.13. The zero-order valence-corrected chi connectivity index (χ0v) is 13.7. The molecule has 0 saturated carbocycles. The fourth-order valence-corrected chi connectivity index (χ4v) is 2.68. The standard InChI is InChI=1S/C18H16N4O3/c1-2-3-8-24-12-5-7-15-14(10-12)17(23)13-6-4-11(9-16(13)25-15)18-19-21-22-20-18/h4-7,9-10H,2-3,8H2,1H3,(H,19,20,21,22). The summed E-state index contributed by atoms with van der Waals surface area (Å²) in [5.74, 6) is 1.13. The van der Waals surface area contributed by atoms with Gasteiger partial charge in [-0.2, -0.15) is 5.21 Å². The number of H-pyrrole nitrogens is 1. The molecule has 0 spiro atoms. The molecule has 0 amide bonds. The summed E-state index contributed by atoms with van der Waals surface area (Å²) in [5.41, 5.74) is 1.64. The van der Waals surface area contributed by atoms with E-state index in [1.807, 2.05) is 6.07 Å². The third kappa shape index (κ3) is 2.84. The van der Waals surface area contributed by atoms with Gasteiger partial charge < -0.3 is 9.15 Å². The van der Waals surface area contributed by atoms with Crippen LogP contribution in [-0.4, -0.2) is 27.2 Å². The van der Waals surface area contributed by atoms with E-state index in [2.05, 4.69) is 27.5 Å². The Morgan fingerprint density at radius 2 is 2.04 bits per heavy atom. The average molecular weight is 336 g/mol. The van der Waals surface area contributed by atoms with Gasteiger partial charge in [0.05, 0.1) is 17.4 Å². The number of hydrogen-bond acceptors (Lipinski definition) is 6. The summed E-state index contributed by atoms with van der Waals surface area (Å²) in [6, 6.07) is 10.6. The first-order valence-electron chi connectivity index (χ1n) is 8.13. The minimum absolute atomic E-state index is 0.0862. The van der Waals surface area contributed by atoms with Crippen LogP contribution in [0.25, 0.3) is 33.3 Å². The van der Waals surface area contributed by atoms with E-state index in [1.54, 1.807) is 30.3 Å². The van der Waals surface area contributed by atoms with Gasteiger partial charge in [-0.3, -0.25) is 4.79 Å². The summed E-state index contributed by atoms with van der Waals surface area (Å²) in [6.45, 7) is 2.74. The van der Waals surface area contributed by atoms with E-state index in [1.165, 1.54) is 0 Å². The van der Waals surface area contributed by atoms with E-state index in [0.29, 0.717) is 40.1 Å². The van der Waals surface area contributed by atoms with Crippen LogP contribution in [-0.2, 0) is 0 Å². The molecule has 7 heteroatoms. The van der Waals surface area contributed by atoms with E-state index in [4.69, 9.17) is 9.15 Å². The smallest absolute Gasteiger partial charge is 0.204 e. The number of aromatic nitrogens is 4. The fourth-order valence-electron chi connectivity index (χ4n) is 2.68. The highest BCUT2D eigenvalue weighted by atomic mass is 16.5. The molecule has 2 heterocycles. The molecule has 0 radical (unpaired) electrons. The predicted molar refractivity (Wildman–Crippen MR) is 93.6 cm³/mol. The third-order valence-corrected chi connectivity index (χ3v) is 4.01. The van der Waals surface area contributed by atoms with Crippen molar-refractivity contribution in [3.8, 4) is 17.1 Å². The molecule has 0 unspecified atom stereocenters. The maximum absolute atomic E-state index is 12.8. The van der Waals surface area contributed by atoms with Crippen molar-refractivity contribution < 1.29 is 9.15 Å². The molecule has 0 aliphatic heterocycles. The van der Waals surface area contributed by atoms with Crippen molar-refractivity contribution in [1.29, 1.82) is 0 Å². The highest BCUT2D eigenvalue weighted by molar-refractivity contribution is 5.91. The Balaban J connectivity index is 1.81. The summed E-state index contributed by atoms with van der Waals surface area (Å²) < 4.78 is 11.6. The molecular weight excluding hydrogens is 320 g/mol. The summed E-state index contributed by atoms with van der Waals surface area (Å²) in [6.07, 6.45) is 2.03. The van der Waals surface area contributed by atoms with Crippen LogP contribution >= 0.6 is 0 Å². The van der Waals surface area contributed by atoms with Crippen LogP contribution in [0.15, 0.2) is 45.6 Å². The van der Waals surface area contributed by atoms with Crippen molar-refractivity contribution in [2.45, 2.75) is 19.8 Å². The van der Waals surface area contributed by atoms with Gasteiger partial charge in [-0.25, -0.2) is 0 Å². The highest BCUT2D eigenvalue weighted by Gasteiger charge is 2.11. The van der Waals surface area contributed by atoms with Crippen molar-refractivity contribution in [2.75, 3.05) is 6.61 Å². The van der Waals surface area contributed by atoms with Crippen LogP contribution in [0.2, 0.25) is 0 Å². The number of benzene rings is 2. The number of aromatic amines is 1. The number of fused-ring (bicyclic) bond motifs is 2. The third-order valence-electron chi connectivity index (χ3n) is 4.01. The number of nitrogens with one attached hydrogen (secondary N) is 1. The summed E-state index contributed by atoms with van der Waals surface area (Å²) in [7, 11) is 0. The molecule has 25 heavy (non-hydrogen) atoms. The van der Waals surface area contributed by atoms with Gasteiger partial charge in [-0.15, -0.1) is 10.2 Å². The van der Waals surface area contributed by atoms with Gasteiger partial charge in [0.2, 0.25) is 11.3 Å². The van der Waals surface area contributed by atoms with Gasteiger partial charge in [0.1, 0.15) is 16.9 Å². The zero-order valence-electron chi connectivity index (χ0n) is 13.7. The molecule has 4 aromatic rings. The molecule has 0 saturated heterocycles. The van der Waals surface area contributed by atoms with Crippen molar-refractivity contribution in [1.82, 2.24) is 20.6 Å². The summed E-state index contributed by atoms with van der Waals surface area (Å²) >= 11 is 0. The van der Waals surface area contributed by atoms with E-state index >= 15 is 0 Å². The van der Waals surface area contributed by atoms with Crippen LogP contribution in [0.1, 0.15) is 19.8 Å². The van der Waals surface area contributed by atoms with E-state index in [-0.39, 0.29) is 5.43 Å². The molecule has 4 rings (SSSR count). The summed E-state index contributed by atoms with van der Waals surface area (Å²) in [4.78, 5) is 12.8. The molecule has 0 aliphatic carbocycles. The Kier molecular flexibility index (Phi) is 3.89. The molecule has 126 valence electrons. The Morgan fingerprint density at radius 1 is 1.12 bits per heavy atom. The van der Waals surface area contributed by atoms with Crippen LogP contribution < -0.4 is 10.2 Å². The first kappa shape index (κ1) is 15.3. The van der Waals surface area contributed by atoms with Gasteiger partial charge in [0, 0.05) is 5.56 Å². The van der Waals surface area contributed by atoms with Crippen molar-refractivity contribution in [3.63, 3.8) is 0 Å². The van der Waals surface area contributed by atoms with Crippen molar-refractivity contribution in [2.24, 2.45) is 0 Å². The summed E-state index contributed by atoms with van der Waals surface area (Å²) in [5, 5.41) is 14.8. The zero-order chi connectivity index (χ0) is 17.2. The Hall–Kier alpha value is -3.22. The van der Waals surface area contributed by atoms with Gasteiger partial charge in [-0.05, 0) is 42.0 Å². The van der Waals surface area contributed by atoms with E-state index in [0.717, 1.165) is 18.4 Å². The minimum Gasteiger partial charge on any atom is -0.494 e. The molecular formula is C18H16N4O3. The lowest BCUT2D eigenvalue weighted by atomic mass is 10.1. The SMILES string of the molecule is CCCCOc1ccc2oc3cc(-c4nn[nH]n4)ccc3c(=O)c2c1. The Bertz CT molecular complexity index is 1090. The maximum atomic E-state index is 12.8. The lowest BCUT2D eigenvalue weighted by Crippen LogP contribution is -2.03. The molecule has 2 aromatic heterocycles. The van der Waals surface area contributed by atoms with Crippen molar-refractivity contribution in [3.05, 3.63) is 46.6 Å². The van der Waals surface area contributed by atoms with Gasteiger partial charge in [-0.1, -0.05) is 19.4 Å². The molecule has 0 aliphatic rings. The number of unbranched alkanes of at least 4 members (excludes halogenated alkanes) is 1. The van der Waals surface area contributed by atoms with Gasteiger partial charge in [0.15, 0.2) is 0 Å². The average Bonchev–Trinajstić information content (AvgIpc) is 3.17. The second kappa shape index (κ2) is 6.35. The number of tetrazole rings is 1. The first-order chi connectivity index (χ1) is 12.3. The Labute approximate surface area is 142 Å². The molecule has 0 fully saturated rings. The molecule has 2 aromatic carbocycles. The second-order valence-corrected chi connectivity index (χ2v) is 5.74. The number of nitrogens with zero attached hydrogens (tertiary/aromatic N) is 3. The minimum atomic E-state index is -0.0862. The van der Waals surface area contributed by atoms with Crippen LogP contribution in [0.4, 0.5) is 0 Å². The molecule has 7 nitrogen and oxygen atoms in total. The lowest BCUT2D eigenvalue weighted by molar-refractivity contribution is 0.309.